The normalized spacial score (nSPS) is 23.5. The van der Waals surface area contributed by atoms with Crippen LogP contribution < -0.4 is 15.4 Å². The fraction of sp³-hybridized carbons (Fsp3) is 0.727. The third-order valence-electron chi connectivity index (χ3n) is 8.51. The van der Waals surface area contributed by atoms with Crippen LogP contribution in [-0.4, -0.2) is 90.4 Å². The molecule has 1 aromatic rings. The number of nitrogens with zero attached hydrogens (tertiary/aromatic N) is 2. The molecule has 2 aliphatic rings. The minimum atomic E-state index is -0.476. The van der Waals surface area contributed by atoms with E-state index in [2.05, 4.69) is 10.6 Å². The second-order valence-electron chi connectivity index (χ2n) is 12.8. The molecule has 1 heterocycles. The lowest BCUT2D eigenvalue weighted by Gasteiger charge is -2.36. The van der Waals surface area contributed by atoms with Crippen LogP contribution >= 0.6 is 0 Å². The Bertz CT molecular complexity index is 1060. The summed E-state index contributed by atoms with van der Waals surface area (Å²) in [6.07, 6.45) is 7.10. The monoisotopic (exact) mass is 602 g/mol. The number of hydrogen-bond acceptors (Lipinski definition) is 6. The van der Waals surface area contributed by atoms with Crippen molar-refractivity contribution in [2.75, 3.05) is 38.7 Å². The molecule has 4 atom stereocenters. The minimum Gasteiger partial charge on any atom is -0.490 e. The maximum absolute atomic E-state index is 14.3. The van der Waals surface area contributed by atoms with Gasteiger partial charge in [0.25, 0.3) is 5.91 Å². The molecule has 0 spiro atoms. The van der Waals surface area contributed by atoms with Crippen molar-refractivity contribution in [1.82, 2.24) is 15.1 Å². The zero-order valence-electron chi connectivity index (χ0n) is 27.1. The second-order valence-corrected chi connectivity index (χ2v) is 12.8. The van der Waals surface area contributed by atoms with Gasteiger partial charge in [0.15, 0.2) is 0 Å². The smallest absolute Gasteiger partial charge is 0.317 e. The average molecular weight is 603 g/mol. The van der Waals surface area contributed by atoms with Gasteiger partial charge in [-0.15, -0.1) is 0 Å². The fourth-order valence-corrected chi connectivity index (χ4v) is 5.78. The highest BCUT2D eigenvalue weighted by Crippen LogP contribution is 2.30. The standard InChI is InChI=1S/C33H54N4O6/c1-22(2)34-33(41)36(6)20-30-23(3)19-37(24(4)21-38)32(40)28-18-27(35-31(39)26-13-8-7-9-14-26)15-16-29(28)43-25(5)12-10-11-17-42-30/h15-16,18,22-26,30,38H,7-14,17,19-21H2,1-6H3,(H,34,41)(H,35,39)/t23-,24+,25+,30+/m1/s1. The molecule has 0 radical (unpaired) electrons. The van der Waals surface area contributed by atoms with E-state index in [4.69, 9.17) is 9.47 Å². The van der Waals surface area contributed by atoms with Crippen LogP contribution in [0.5, 0.6) is 5.75 Å². The van der Waals surface area contributed by atoms with Crippen LogP contribution in [0.15, 0.2) is 18.2 Å². The summed E-state index contributed by atoms with van der Waals surface area (Å²) >= 11 is 0. The van der Waals surface area contributed by atoms with Gasteiger partial charge in [0.05, 0.1) is 30.4 Å². The molecule has 0 unspecified atom stereocenters. The minimum absolute atomic E-state index is 0.0115. The zero-order valence-corrected chi connectivity index (χ0v) is 27.1. The van der Waals surface area contributed by atoms with Gasteiger partial charge in [0.1, 0.15) is 5.75 Å². The number of carbonyl (C=O) groups excluding carboxylic acids is 3. The van der Waals surface area contributed by atoms with Gasteiger partial charge in [-0.25, -0.2) is 4.79 Å². The highest BCUT2D eigenvalue weighted by Gasteiger charge is 2.31. The molecule has 1 aliphatic carbocycles. The van der Waals surface area contributed by atoms with Gasteiger partial charge < -0.3 is 35.0 Å². The van der Waals surface area contributed by atoms with Crippen molar-refractivity contribution < 1.29 is 29.0 Å². The Morgan fingerprint density at radius 3 is 2.44 bits per heavy atom. The SMILES string of the molecule is CC(C)NC(=O)N(C)C[C@@H]1OCCCC[C@H](C)Oc2ccc(NC(=O)C3CCCCC3)cc2C(=O)N([C@@H](C)CO)C[C@H]1C. The van der Waals surface area contributed by atoms with Crippen molar-refractivity contribution in [2.24, 2.45) is 11.8 Å². The van der Waals surface area contributed by atoms with Gasteiger partial charge in [0.2, 0.25) is 5.91 Å². The molecule has 1 aromatic carbocycles. The Morgan fingerprint density at radius 1 is 1.07 bits per heavy atom. The molecular formula is C33H54N4O6. The van der Waals surface area contributed by atoms with E-state index in [-0.39, 0.29) is 54.5 Å². The van der Waals surface area contributed by atoms with E-state index < -0.39 is 6.04 Å². The first-order valence-corrected chi connectivity index (χ1v) is 16.2. The summed E-state index contributed by atoms with van der Waals surface area (Å²) in [5.74, 6) is 0.00518. The molecule has 43 heavy (non-hydrogen) atoms. The maximum atomic E-state index is 14.3. The molecule has 10 nitrogen and oxygen atoms in total. The molecule has 1 saturated carbocycles. The number of fused-ring (bicyclic) bond motifs is 1. The molecule has 10 heteroatoms. The molecule has 0 aromatic heterocycles. The van der Waals surface area contributed by atoms with Gasteiger partial charge >= 0.3 is 6.03 Å². The molecule has 1 aliphatic heterocycles. The molecule has 242 valence electrons. The predicted octanol–water partition coefficient (Wildman–Crippen LogP) is 5.05. The third kappa shape index (κ3) is 10.4. The number of ether oxygens (including phenoxy) is 2. The van der Waals surface area contributed by atoms with Crippen LogP contribution in [0.4, 0.5) is 10.5 Å². The number of rotatable bonds is 7. The molecule has 3 N–H and O–H groups in total. The second kappa shape index (κ2) is 16.9. The largest absolute Gasteiger partial charge is 0.490 e. The van der Waals surface area contributed by atoms with E-state index in [0.717, 1.165) is 51.4 Å². The summed E-state index contributed by atoms with van der Waals surface area (Å²) in [6, 6.07) is 4.63. The third-order valence-corrected chi connectivity index (χ3v) is 8.51. The van der Waals surface area contributed by atoms with Crippen molar-refractivity contribution >= 4 is 23.5 Å². The van der Waals surface area contributed by atoms with Crippen LogP contribution in [0, 0.1) is 11.8 Å². The summed E-state index contributed by atoms with van der Waals surface area (Å²) in [5, 5.41) is 16.1. The van der Waals surface area contributed by atoms with Crippen LogP contribution in [0.2, 0.25) is 0 Å². The van der Waals surface area contributed by atoms with E-state index in [1.807, 2.05) is 34.6 Å². The first-order valence-electron chi connectivity index (χ1n) is 16.2. The number of carbonyl (C=O) groups is 3. The van der Waals surface area contributed by atoms with E-state index in [1.165, 1.54) is 0 Å². The Labute approximate surface area is 257 Å². The van der Waals surface area contributed by atoms with Gasteiger partial charge in [0, 0.05) is 50.3 Å². The Hall–Kier alpha value is -2.85. The van der Waals surface area contributed by atoms with Crippen LogP contribution in [-0.2, 0) is 9.53 Å². The van der Waals surface area contributed by atoms with Crippen molar-refractivity contribution in [3.05, 3.63) is 23.8 Å². The van der Waals surface area contributed by atoms with E-state index in [0.29, 0.717) is 36.7 Å². The Balaban J connectivity index is 1.91. The van der Waals surface area contributed by atoms with Crippen LogP contribution in [0.25, 0.3) is 0 Å². The fourth-order valence-electron chi connectivity index (χ4n) is 5.78. The molecular weight excluding hydrogens is 548 g/mol. The Kier molecular flexibility index (Phi) is 13.6. The highest BCUT2D eigenvalue weighted by atomic mass is 16.5. The summed E-state index contributed by atoms with van der Waals surface area (Å²) in [4.78, 5) is 43.2. The number of hydrogen-bond donors (Lipinski definition) is 3. The summed E-state index contributed by atoms with van der Waals surface area (Å²) in [7, 11) is 1.75. The lowest BCUT2D eigenvalue weighted by Crippen LogP contribution is -2.49. The predicted molar refractivity (Wildman–Crippen MR) is 168 cm³/mol. The summed E-state index contributed by atoms with van der Waals surface area (Å²) in [5.41, 5.74) is 0.910. The highest BCUT2D eigenvalue weighted by molar-refractivity contribution is 6.00. The quantitative estimate of drug-likeness (QED) is 0.402. The van der Waals surface area contributed by atoms with E-state index in [9.17, 15) is 19.5 Å². The molecule has 0 saturated heterocycles. The number of benzene rings is 1. The molecule has 0 bridgehead atoms. The average Bonchev–Trinajstić information content (AvgIpc) is 2.98. The summed E-state index contributed by atoms with van der Waals surface area (Å²) in [6.45, 7) is 10.6. The van der Waals surface area contributed by atoms with Gasteiger partial charge in [-0.3, -0.25) is 9.59 Å². The van der Waals surface area contributed by atoms with Crippen molar-refractivity contribution in [3.63, 3.8) is 0 Å². The van der Waals surface area contributed by atoms with Crippen LogP contribution in [0.3, 0.4) is 0 Å². The number of aliphatic hydroxyl groups excluding tert-OH is 1. The zero-order chi connectivity index (χ0) is 31.5. The number of anilines is 1. The van der Waals surface area contributed by atoms with Crippen molar-refractivity contribution in [2.45, 2.75) is 110 Å². The van der Waals surface area contributed by atoms with Crippen molar-refractivity contribution in [3.8, 4) is 5.75 Å². The lowest BCUT2D eigenvalue weighted by molar-refractivity contribution is -0.120. The summed E-state index contributed by atoms with van der Waals surface area (Å²) < 4.78 is 12.6. The van der Waals surface area contributed by atoms with E-state index >= 15 is 0 Å². The van der Waals surface area contributed by atoms with Gasteiger partial charge in [-0.2, -0.15) is 0 Å². The first-order chi connectivity index (χ1) is 20.5. The molecule has 4 amide bonds. The number of nitrogens with one attached hydrogen (secondary N) is 2. The lowest BCUT2D eigenvalue weighted by atomic mass is 9.88. The Morgan fingerprint density at radius 2 is 1.77 bits per heavy atom. The maximum Gasteiger partial charge on any atom is 0.317 e. The number of likely N-dealkylation sites (N-methyl/N-ethyl adjacent to an activating group) is 1. The molecule has 3 rings (SSSR count). The van der Waals surface area contributed by atoms with Gasteiger partial charge in [-0.05, 0) is 78.0 Å². The number of urea groups is 1. The molecule has 1 fully saturated rings. The number of aliphatic hydroxyl groups is 1. The van der Waals surface area contributed by atoms with Gasteiger partial charge in [-0.1, -0.05) is 26.2 Å². The number of amides is 4. The van der Waals surface area contributed by atoms with Crippen molar-refractivity contribution in [1.29, 1.82) is 0 Å². The topological polar surface area (TPSA) is 120 Å². The van der Waals surface area contributed by atoms with E-state index in [1.54, 1.807) is 35.0 Å². The first kappa shape index (κ1) is 34.6. The van der Waals surface area contributed by atoms with Crippen LogP contribution in [0.1, 0.15) is 96.3 Å².